The number of nitrogens with zero attached hydrogens (tertiary/aromatic N) is 4. The summed E-state index contributed by atoms with van der Waals surface area (Å²) in [7, 11) is 4.16. The Morgan fingerprint density at radius 3 is 2.57 bits per heavy atom. The predicted molar refractivity (Wildman–Crippen MR) is 110 cm³/mol. The summed E-state index contributed by atoms with van der Waals surface area (Å²) in [4.78, 5) is 23.7. The van der Waals surface area contributed by atoms with Crippen molar-refractivity contribution in [2.45, 2.75) is 19.8 Å². The first-order chi connectivity index (χ1) is 13.4. The van der Waals surface area contributed by atoms with E-state index in [-0.39, 0.29) is 11.8 Å². The quantitative estimate of drug-likeness (QED) is 0.763. The lowest BCUT2D eigenvalue weighted by molar-refractivity contribution is -0.137. The van der Waals surface area contributed by atoms with E-state index in [4.69, 9.17) is 0 Å². The van der Waals surface area contributed by atoms with E-state index in [2.05, 4.69) is 50.0 Å². The smallest absolute Gasteiger partial charge is 0.228 e. The summed E-state index contributed by atoms with van der Waals surface area (Å²) in [6, 6.07) is 8.24. The van der Waals surface area contributed by atoms with Crippen LogP contribution in [0.5, 0.6) is 0 Å². The van der Waals surface area contributed by atoms with E-state index < -0.39 is 0 Å². The monoisotopic (exact) mass is 375 g/mol. The standard InChI is InChI=1S/C22H25N5O/c1-14-23-11-19(27(14)3)15-4-5-16-10-24-20(7-17(16)6-15)25-21(28)18-8-22(9-18)12-26(2)13-22/h4-7,10-11,18H,8-9,12-13H2,1-3H3,(H,24,25,28). The molecule has 1 amide bonds. The molecule has 1 aromatic carbocycles. The van der Waals surface area contributed by atoms with Gasteiger partial charge in [0, 0.05) is 43.2 Å². The lowest BCUT2D eigenvalue weighted by Gasteiger charge is -2.57. The number of likely N-dealkylation sites (tertiary alicyclic amines) is 1. The fourth-order valence-electron chi connectivity index (χ4n) is 4.90. The molecule has 1 N–H and O–H groups in total. The molecule has 2 aromatic heterocycles. The maximum Gasteiger partial charge on any atom is 0.228 e. The molecule has 1 spiro atoms. The minimum Gasteiger partial charge on any atom is -0.331 e. The Bertz CT molecular complexity index is 1070. The first-order valence-electron chi connectivity index (χ1n) is 9.80. The van der Waals surface area contributed by atoms with Crippen LogP contribution in [0.3, 0.4) is 0 Å². The fourth-order valence-corrected chi connectivity index (χ4v) is 4.90. The van der Waals surface area contributed by atoms with Crippen LogP contribution in [0, 0.1) is 18.3 Å². The highest BCUT2D eigenvalue weighted by atomic mass is 16.2. The van der Waals surface area contributed by atoms with Crippen molar-refractivity contribution in [2.24, 2.45) is 18.4 Å². The lowest BCUT2D eigenvalue weighted by Crippen LogP contribution is -2.62. The molecular formula is C22H25N5O. The Kier molecular flexibility index (Phi) is 3.81. The van der Waals surface area contributed by atoms with Crippen molar-refractivity contribution >= 4 is 22.5 Å². The lowest BCUT2D eigenvalue weighted by atomic mass is 9.57. The summed E-state index contributed by atoms with van der Waals surface area (Å²) in [6.07, 6.45) is 5.72. The second kappa shape index (κ2) is 6.14. The maximum atomic E-state index is 12.6. The Labute approximate surface area is 164 Å². The molecule has 3 aromatic rings. The van der Waals surface area contributed by atoms with Crippen LogP contribution in [-0.4, -0.2) is 45.5 Å². The van der Waals surface area contributed by atoms with Gasteiger partial charge in [-0.3, -0.25) is 4.79 Å². The van der Waals surface area contributed by atoms with Crippen molar-refractivity contribution < 1.29 is 4.79 Å². The van der Waals surface area contributed by atoms with Crippen molar-refractivity contribution in [2.75, 3.05) is 25.5 Å². The van der Waals surface area contributed by atoms with Gasteiger partial charge >= 0.3 is 0 Å². The zero-order valence-corrected chi connectivity index (χ0v) is 16.6. The van der Waals surface area contributed by atoms with E-state index in [1.54, 1.807) is 0 Å². The number of carbonyl (C=O) groups excluding carboxylic acids is 1. The number of aromatic nitrogens is 3. The van der Waals surface area contributed by atoms with Gasteiger partial charge in [-0.25, -0.2) is 9.97 Å². The number of carbonyl (C=O) groups is 1. The molecular weight excluding hydrogens is 350 g/mol. The number of aryl methyl sites for hydroxylation is 1. The summed E-state index contributed by atoms with van der Waals surface area (Å²) in [6.45, 7) is 4.25. The molecule has 1 saturated carbocycles. The number of rotatable bonds is 3. The average molecular weight is 375 g/mol. The average Bonchev–Trinajstić information content (AvgIpc) is 2.95. The van der Waals surface area contributed by atoms with E-state index in [1.807, 2.05) is 32.4 Å². The molecule has 2 aliphatic rings. The van der Waals surface area contributed by atoms with Gasteiger partial charge < -0.3 is 14.8 Å². The van der Waals surface area contributed by atoms with Crippen LogP contribution in [-0.2, 0) is 11.8 Å². The van der Waals surface area contributed by atoms with Gasteiger partial charge in [-0.05, 0) is 49.7 Å². The minimum absolute atomic E-state index is 0.102. The molecule has 0 unspecified atom stereocenters. The highest BCUT2D eigenvalue weighted by Crippen LogP contribution is 2.51. The summed E-state index contributed by atoms with van der Waals surface area (Å²) < 4.78 is 2.08. The minimum atomic E-state index is 0.102. The Balaban J connectivity index is 1.34. The Morgan fingerprint density at radius 1 is 1.11 bits per heavy atom. The van der Waals surface area contributed by atoms with Crippen LogP contribution in [0.15, 0.2) is 36.7 Å². The summed E-state index contributed by atoms with van der Waals surface area (Å²) in [5.41, 5.74) is 2.59. The van der Waals surface area contributed by atoms with E-state index in [1.165, 1.54) is 0 Å². The molecule has 28 heavy (non-hydrogen) atoms. The fraction of sp³-hybridized carbons (Fsp3) is 0.409. The predicted octanol–water partition coefficient (Wildman–Crippen LogP) is 3.22. The summed E-state index contributed by atoms with van der Waals surface area (Å²) >= 11 is 0. The molecule has 2 fully saturated rings. The normalized spacial score (nSPS) is 18.8. The zero-order valence-electron chi connectivity index (χ0n) is 16.6. The van der Waals surface area contributed by atoms with Crippen LogP contribution in [0.4, 0.5) is 5.82 Å². The maximum absolute atomic E-state index is 12.6. The molecule has 144 valence electrons. The summed E-state index contributed by atoms with van der Waals surface area (Å²) in [5.74, 6) is 1.83. The van der Waals surface area contributed by atoms with Gasteiger partial charge in [0.25, 0.3) is 0 Å². The topological polar surface area (TPSA) is 63.1 Å². The number of pyridine rings is 1. The van der Waals surface area contributed by atoms with Crippen LogP contribution < -0.4 is 5.32 Å². The van der Waals surface area contributed by atoms with Crippen LogP contribution in [0.25, 0.3) is 22.0 Å². The van der Waals surface area contributed by atoms with Gasteiger partial charge in [0.05, 0.1) is 11.9 Å². The van der Waals surface area contributed by atoms with Crippen molar-refractivity contribution in [3.63, 3.8) is 0 Å². The zero-order chi connectivity index (χ0) is 19.5. The van der Waals surface area contributed by atoms with Gasteiger partial charge in [0.15, 0.2) is 0 Å². The van der Waals surface area contributed by atoms with Crippen LogP contribution in [0.1, 0.15) is 18.7 Å². The number of benzene rings is 1. The third-order valence-electron chi connectivity index (χ3n) is 6.43. The van der Waals surface area contributed by atoms with Crippen LogP contribution >= 0.6 is 0 Å². The van der Waals surface area contributed by atoms with Crippen molar-refractivity contribution in [3.05, 3.63) is 42.5 Å². The second-order valence-corrected chi connectivity index (χ2v) is 8.65. The van der Waals surface area contributed by atoms with Crippen molar-refractivity contribution in [1.82, 2.24) is 19.4 Å². The number of fused-ring (bicyclic) bond motifs is 1. The number of hydrogen-bond donors (Lipinski definition) is 1. The Morgan fingerprint density at radius 2 is 1.89 bits per heavy atom. The number of anilines is 1. The third-order valence-corrected chi connectivity index (χ3v) is 6.43. The molecule has 5 rings (SSSR count). The van der Waals surface area contributed by atoms with Gasteiger partial charge in [-0.1, -0.05) is 12.1 Å². The van der Waals surface area contributed by atoms with Crippen molar-refractivity contribution in [3.8, 4) is 11.3 Å². The number of amides is 1. The largest absolute Gasteiger partial charge is 0.331 e. The SMILES string of the molecule is Cc1ncc(-c2ccc3cnc(NC(=O)C4CC5(C4)CN(C)C5)cc3c2)n1C. The Hall–Kier alpha value is -2.73. The van der Waals surface area contributed by atoms with Gasteiger partial charge in [0.1, 0.15) is 11.6 Å². The van der Waals surface area contributed by atoms with E-state index >= 15 is 0 Å². The molecule has 1 aliphatic heterocycles. The van der Waals surface area contributed by atoms with Gasteiger partial charge in [-0.2, -0.15) is 0 Å². The molecule has 0 atom stereocenters. The van der Waals surface area contributed by atoms with Gasteiger partial charge in [-0.15, -0.1) is 0 Å². The third kappa shape index (κ3) is 2.79. The number of hydrogen-bond acceptors (Lipinski definition) is 4. The molecule has 0 bridgehead atoms. The highest BCUT2D eigenvalue weighted by molar-refractivity contribution is 5.95. The summed E-state index contributed by atoms with van der Waals surface area (Å²) in [5, 5.41) is 5.15. The second-order valence-electron chi connectivity index (χ2n) is 8.65. The first kappa shape index (κ1) is 17.4. The molecule has 6 nitrogen and oxygen atoms in total. The van der Waals surface area contributed by atoms with Crippen molar-refractivity contribution in [1.29, 1.82) is 0 Å². The van der Waals surface area contributed by atoms with E-state index in [9.17, 15) is 4.79 Å². The molecule has 3 heterocycles. The first-order valence-corrected chi connectivity index (χ1v) is 9.80. The molecule has 1 aliphatic carbocycles. The van der Waals surface area contributed by atoms with Gasteiger partial charge in [0.2, 0.25) is 5.91 Å². The molecule has 0 radical (unpaired) electrons. The number of imidazole rings is 1. The highest BCUT2D eigenvalue weighted by Gasteiger charge is 2.53. The van der Waals surface area contributed by atoms with Crippen LogP contribution in [0.2, 0.25) is 0 Å². The van der Waals surface area contributed by atoms with E-state index in [0.29, 0.717) is 11.2 Å². The molecule has 6 heteroatoms. The van der Waals surface area contributed by atoms with E-state index in [0.717, 1.165) is 53.8 Å². The molecule has 1 saturated heterocycles. The number of nitrogens with one attached hydrogen (secondary N) is 1.